The fourth-order valence-corrected chi connectivity index (χ4v) is 4.29. The first-order chi connectivity index (χ1) is 14.6. The highest BCUT2D eigenvalue weighted by atomic mass is 35.5. The van der Waals surface area contributed by atoms with E-state index in [9.17, 15) is 4.79 Å². The zero-order valence-electron chi connectivity index (χ0n) is 17.2. The smallest absolute Gasteiger partial charge is 0.241 e. The molecule has 2 heterocycles. The van der Waals surface area contributed by atoms with Gasteiger partial charge in [0.05, 0.1) is 20.3 Å². The summed E-state index contributed by atoms with van der Waals surface area (Å²) >= 11 is 6.11. The summed E-state index contributed by atoms with van der Waals surface area (Å²) in [6, 6.07) is 13.3. The number of halogens is 1. The Kier molecular flexibility index (Phi) is 6.32. The molecular weight excluding hydrogens is 404 g/mol. The summed E-state index contributed by atoms with van der Waals surface area (Å²) in [5, 5.41) is 0.729. The van der Waals surface area contributed by atoms with Crippen molar-refractivity contribution in [3.05, 3.63) is 53.1 Å². The third-order valence-corrected chi connectivity index (χ3v) is 6.02. The Morgan fingerprint density at radius 1 is 1.03 bits per heavy atom. The molecule has 2 aromatic carbocycles. The highest BCUT2D eigenvalue weighted by Crippen LogP contribution is 2.33. The Morgan fingerprint density at radius 3 is 2.53 bits per heavy atom. The van der Waals surface area contributed by atoms with Crippen LogP contribution in [0.3, 0.4) is 0 Å². The summed E-state index contributed by atoms with van der Waals surface area (Å²) in [6.45, 7) is 2.98. The fourth-order valence-electron chi connectivity index (χ4n) is 4.11. The molecule has 30 heavy (non-hydrogen) atoms. The van der Waals surface area contributed by atoms with Crippen LogP contribution in [0.2, 0.25) is 5.02 Å². The summed E-state index contributed by atoms with van der Waals surface area (Å²) in [5.41, 5.74) is 8.53. The van der Waals surface area contributed by atoms with Crippen molar-refractivity contribution < 1.29 is 14.3 Å². The number of hydrogen-bond donors (Lipinski definition) is 2. The molecule has 4 rings (SSSR count). The number of carbonyl (C=O) groups excluding carboxylic acids is 1. The Morgan fingerprint density at radius 2 is 1.83 bits per heavy atom. The van der Waals surface area contributed by atoms with Gasteiger partial charge in [-0.1, -0.05) is 23.7 Å². The maximum atomic E-state index is 13.1. The molecule has 0 radical (unpaired) electrons. The SMILES string of the molecule is COc1ccc(C2CC(C(=O)N3CCN(c4cccc(Cl)c4)CC3)NN2)c(OC)c1. The molecule has 0 aliphatic carbocycles. The van der Waals surface area contributed by atoms with Gasteiger partial charge in [0.25, 0.3) is 0 Å². The van der Waals surface area contributed by atoms with Gasteiger partial charge in [-0.25, -0.2) is 10.9 Å². The highest BCUT2D eigenvalue weighted by molar-refractivity contribution is 6.30. The number of hydrogen-bond acceptors (Lipinski definition) is 6. The van der Waals surface area contributed by atoms with Crippen molar-refractivity contribution in [2.24, 2.45) is 0 Å². The van der Waals surface area contributed by atoms with Crippen molar-refractivity contribution in [3.8, 4) is 11.5 Å². The van der Waals surface area contributed by atoms with Gasteiger partial charge in [-0.05, 0) is 30.7 Å². The van der Waals surface area contributed by atoms with Crippen molar-refractivity contribution in [2.75, 3.05) is 45.3 Å². The number of nitrogens with one attached hydrogen (secondary N) is 2. The normalized spacial score (nSPS) is 21.6. The van der Waals surface area contributed by atoms with E-state index in [-0.39, 0.29) is 18.0 Å². The molecule has 2 saturated heterocycles. The number of methoxy groups -OCH3 is 2. The number of amides is 1. The number of rotatable bonds is 5. The lowest BCUT2D eigenvalue weighted by atomic mass is 10.00. The van der Waals surface area contributed by atoms with Crippen molar-refractivity contribution in [2.45, 2.75) is 18.5 Å². The van der Waals surface area contributed by atoms with Crippen LogP contribution in [-0.2, 0) is 4.79 Å². The second-order valence-corrected chi connectivity index (χ2v) is 7.97. The fraction of sp³-hybridized carbons (Fsp3) is 0.409. The molecule has 0 bridgehead atoms. The number of hydrazine groups is 1. The summed E-state index contributed by atoms with van der Waals surface area (Å²) in [6.07, 6.45) is 0.663. The van der Waals surface area contributed by atoms with Gasteiger partial charge in [0.15, 0.2) is 0 Å². The molecule has 2 unspecified atom stereocenters. The second kappa shape index (κ2) is 9.12. The predicted molar refractivity (Wildman–Crippen MR) is 117 cm³/mol. The number of carbonyl (C=O) groups is 1. The van der Waals surface area contributed by atoms with Crippen molar-refractivity contribution >= 4 is 23.2 Å². The van der Waals surface area contributed by atoms with Gasteiger partial charge in [-0.3, -0.25) is 4.79 Å². The topological polar surface area (TPSA) is 66.1 Å². The third kappa shape index (κ3) is 4.33. The average molecular weight is 431 g/mol. The van der Waals surface area contributed by atoms with Crippen molar-refractivity contribution in [1.29, 1.82) is 0 Å². The van der Waals surface area contributed by atoms with Gasteiger partial charge in [0.1, 0.15) is 17.5 Å². The van der Waals surface area contributed by atoms with E-state index in [2.05, 4.69) is 21.8 Å². The lowest BCUT2D eigenvalue weighted by Gasteiger charge is -2.37. The summed E-state index contributed by atoms with van der Waals surface area (Å²) in [5.74, 6) is 1.62. The lowest BCUT2D eigenvalue weighted by Crippen LogP contribution is -2.53. The van der Waals surface area contributed by atoms with Crippen LogP contribution in [0, 0.1) is 0 Å². The van der Waals surface area contributed by atoms with E-state index < -0.39 is 0 Å². The first-order valence-electron chi connectivity index (χ1n) is 10.1. The van der Waals surface area contributed by atoms with Crippen LogP contribution in [0.1, 0.15) is 18.0 Å². The molecule has 2 aromatic rings. The van der Waals surface area contributed by atoms with Gasteiger partial charge in [0, 0.05) is 48.5 Å². The maximum absolute atomic E-state index is 13.1. The molecule has 0 spiro atoms. The minimum atomic E-state index is -0.264. The van der Waals surface area contributed by atoms with E-state index in [1.807, 2.05) is 41.3 Å². The van der Waals surface area contributed by atoms with Gasteiger partial charge < -0.3 is 19.3 Å². The van der Waals surface area contributed by atoms with Crippen LogP contribution >= 0.6 is 11.6 Å². The molecule has 2 aliphatic heterocycles. The zero-order valence-corrected chi connectivity index (χ0v) is 18.0. The minimum absolute atomic E-state index is 0.00689. The van der Waals surface area contributed by atoms with E-state index >= 15 is 0 Å². The number of nitrogens with zero attached hydrogens (tertiary/aromatic N) is 2. The van der Waals surface area contributed by atoms with Crippen LogP contribution in [0.15, 0.2) is 42.5 Å². The van der Waals surface area contributed by atoms with Crippen LogP contribution in [0.25, 0.3) is 0 Å². The van der Waals surface area contributed by atoms with Crippen molar-refractivity contribution in [3.63, 3.8) is 0 Å². The molecular formula is C22H27ClN4O3. The lowest BCUT2D eigenvalue weighted by molar-refractivity contribution is -0.133. The Labute approximate surface area is 181 Å². The Balaban J connectivity index is 1.35. The monoisotopic (exact) mass is 430 g/mol. The van der Waals surface area contributed by atoms with E-state index in [1.165, 1.54) is 0 Å². The van der Waals surface area contributed by atoms with Crippen LogP contribution < -0.4 is 25.2 Å². The standard InChI is InChI=1S/C22H27ClN4O3/c1-29-17-6-7-18(21(13-17)30-2)19-14-20(25-24-19)22(28)27-10-8-26(9-11-27)16-5-3-4-15(23)12-16/h3-7,12-13,19-20,24-25H,8-11,14H2,1-2H3. The predicted octanol–water partition coefficient (Wildman–Crippen LogP) is 2.61. The quantitative estimate of drug-likeness (QED) is 0.760. The Hall–Kier alpha value is -2.48. The first kappa shape index (κ1) is 20.8. The Bertz CT molecular complexity index is 902. The van der Waals surface area contributed by atoms with E-state index in [0.29, 0.717) is 19.5 Å². The summed E-state index contributed by atoms with van der Waals surface area (Å²) in [7, 11) is 3.27. The average Bonchev–Trinajstić information content (AvgIpc) is 3.28. The first-order valence-corrected chi connectivity index (χ1v) is 10.5. The van der Waals surface area contributed by atoms with Crippen molar-refractivity contribution in [1.82, 2.24) is 15.8 Å². The largest absolute Gasteiger partial charge is 0.497 e. The van der Waals surface area contributed by atoms with Gasteiger partial charge >= 0.3 is 0 Å². The van der Waals surface area contributed by atoms with E-state index in [0.717, 1.165) is 40.9 Å². The molecule has 0 aromatic heterocycles. The number of piperazine rings is 1. The molecule has 8 heteroatoms. The van der Waals surface area contributed by atoms with Gasteiger partial charge in [-0.2, -0.15) is 0 Å². The summed E-state index contributed by atoms with van der Waals surface area (Å²) in [4.78, 5) is 17.3. The van der Waals surface area contributed by atoms with Crippen LogP contribution in [0.4, 0.5) is 5.69 Å². The van der Waals surface area contributed by atoms with Gasteiger partial charge in [-0.15, -0.1) is 0 Å². The van der Waals surface area contributed by atoms with Crippen LogP contribution in [0.5, 0.6) is 11.5 Å². The second-order valence-electron chi connectivity index (χ2n) is 7.53. The van der Waals surface area contributed by atoms with E-state index in [1.54, 1.807) is 14.2 Å². The molecule has 0 saturated carbocycles. The molecule has 2 aliphatic rings. The number of benzene rings is 2. The minimum Gasteiger partial charge on any atom is -0.497 e. The molecule has 2 fully saturated rings. The molecule has 1 amide bonds. The number of ether oxygens (including phenoxy) is 2. The van der Waals surface area contributed by atoms with E-state index in [4.69, 9.17) is 21.1 Å². The summed E-state index contributed by atoms with van der Waals surface area (Å²) < 4.78 is 10.8. The molecule has 7 nitrogen and oxygen atoms in total. The van der Waals surface area contributed by atoms with Gasteiger partial charge in [0.2, 0.25) is 5.91 Å². The maximum Gasteiger partial charge on any atom is 0.241 e. The third-order valence-electron chi connectivity index (χ3n) is 5.78. The molecule has 160 valence electrons. The highest BCUT2D eigenvalue weighted by Gasteiger charge is 2.35. The molecule has 2 N–H and O–H groups in total. The number of anilines is 1. The van der Waals surface area contributed by atoms with Crippen LogP contribution in [-0.4, -0.2) is 57.2 Å². The molecule has 2 atom stereocenters. The zero-order chi connectivity index (χ0) is 21.1.